The maximum absolute atomic E-state index is 4.79. The Bertz CT molecular complexity index is 195. The highest BCUT2D eigenvalue weighted by molar-refractivity contribution is 8.74. The molecule has 1 heterocycles. The van der Waals surface area contributed by atoms with E-state index in [0.29, 0.717) is 0 Å². The largest absolute Gasteiger partial charge is 0.308 e. The van der Waals surface area contributed by atoms with Crippen molar-refractivity contribution in [1.29, 1.82) is 0 Å². The summed E-state index contributed by atoms with van der Waals surface area (Å²) in [7, 11) is 3.14. The fourth-order valence-electron chi connectivity index (χ4n) is 0.465. The maximum Gasteiger partial charge on any atom is 0.109 e. The van der Waals surface area contributed by atoms with Gasteiger partial charge >= 0.3 is 0 Å². The van der Waals surface area contributed by atoms with E-state index in [9.17, 15) is 0 Å². The second-order valence-electron chi connectivity index (χ2n) is 1.49. The van der Waals surface area contributed by atoms with Gasteiger partial charge in [0.1, 0.15) is 5.03 Å². The van der Waals surface area contributed by atoms with Crippen LogP contribution in [0.2, 0.25) is 0 Å². The zero-order valence-electron chi connectivity index (χ0n) is 8.90. The lowest BCUT2D eigenvalue weighted by molar-refractivity contribution is 0.498. The number of nitrogens with zero attached hydrogens (tertiary/aromatic N) is 1. The van der Waals surface area contributed by atoms with Gasteiger partial charge in [0.2, 0.25) is 0 Å². The highest BCUT2D eigenvalue weighted by Crippen LogP contribution is 2.28. The smallest absolute Gasteiger partial charge is 0.109 e. The van der Waals surface area contributed by atoms with Gasteiger partial charge in [-0.2, -0.15) is 0 Å². The second kappa shape index (κ2) is 15.0. The monoisotopic (exact) mass is 231 g/mol. The van der Waals surface area contributed by atoms with Crippen LogP contribution in [0.25, 0.3) is 0 Å². The van der Waals surface area contributed by atoms with Gasteiger partial charge in [0, 0.05) is 6.20 Å². The van der Waals surface area contributed by atoms with Gasteiger partial charge < -0.3 is 4.18 Å². The van der Waals surface area contributed by atoms with Gasteiger partial charge in [-0.25, -0.2) is 4.98 Å². The van der Waals surface area contributed by atoms with Gasteiger partial charge in [-0.15, -0.1) is 13.2 Å². The number of aromatic nitrogens is 1. The van der Waals surface area contributed by atoms with Crippen LogP contribution in [0.5, 0.6) is 0 Å². The van der Waals surface area contributed by atoms with Gasteiger partial charge in [0.25, 0.3) is 0 Å². The molecule has 0 N–H and O–H groups in total. The summed E-state index contributed by atoms with van der Waals surface area (Å²) < 4.78 is 4.79. The Morgan fingerprint density at radius 3 is 2.36 bits per heavy atom. The molecular weight excluding hydrogens is 214 g/mol. The van der Waals surface area contributed by atoms with Gasteiger partial charge in [-0.05, 0) is 22.9 Å². The van der Waals surface area contributed by atoms with Crippen molar-refractivity contribution in [3.8, 4) is 0 Å². The third-order valence-corrected chi connectivity index (χ3v) is 2.57. The fraction of sp³-hybridized carbons (Fsp3) is 0.300. The topological polar surface area (TPSA) is 22.1 Å². The molecule has 14 heavy (non-hydrogen) atoms. The van der Waals surface area contributed by atoms with Crippen LogP contribution in [0.15, 0.2) is 42.6 Å². The molecule has 0 saturated carbocycles. The lowest BCUT2D eigenvalue weighted by Gasteiger charge is -1.93. The lowest BCUT2D eigenvalue weighted by atomic mass is 10.5. The van der Waals surface area contributed by atoms with Crippen LogP contribution < -0.4 is 0 Å². The SMILES string of the molecule is C=C.CC.COSSc1ccccn1. The standard InChI is InChI=1S/C6H7NOS2.C2H6.C2H4/c1-8-10-9-6-4-2-3-5-7-6;2*1-2/h2-5H,1H3;1-2H3;1-2H2. The normalized spacial score (nSPS) is 7.64. The zero-order chi connectivity index (χ0) is 11.2. The van der Waals surface area contributed by atoms with Crippen LogP contribution in [0, 0.1) is 0 Å². The Labute approximate surface area is 94.8 Å². The predicted octanol–water partition coefficient (Wildman–Crippen LogP) is 4.21. The average molecular weight is 231 g/mol. The minimum absolute atomic E-state index is 0.967. The molecule has 1 aromatic rings. The molecule has 2 nitrogen and oxygen atoms in total. The van der Waals surface area contributed by atoms with E-state index in [1.807, 2.05) is 32.0 Å². The van der Waals surface area contributed by atoms with Gasteiger partial charge in [-0.1, -0.05) is 19.9 Å². The van der Waals surface area contributed by atoms with Crippen LogP contribution in [-0.4, -0.2) is 12.1 Å². The van der Waals surface area contributed by atoms with Crippen LogP contribution in [0.4, 0.5) is 0 Å². The fourth-order valence-corrected chi connectivity index (χ4v) is 1.55. The van der Waals surface area contributed by atoms with Crippen molar-refractivity contribution >= 4 is 21.9 Å². The minimum Gasteiger partial charge on any atom is -0.308 e. The summed E-state index contributed by atoms with van der Waals surface area (Å²) in [5, 5.41) is 0.967. The summed E-state index contributed by atoms with van der Waals surface area (Å²) in [5.41, 5.74) is 0. The lowest BCUT2D eigenvalue weighted by Crippen LogP contribution is -1.72. The Hall–Kier alpha value is -0.450. The summed E-state index contributed by atoms with van der Waals surface area (Å²) in [6.45, 7) is 10.0. The summed E-state index contributed by atoms with van der Waals surface area (Å²) in [5.74, 6) is 0. The van der Waals surface area contributed by atoms with Crippen molar-refractivity contribution in [1.82, 2.24) is 4.98 Å². The molecule has 0 bridgehead atoms. The number of hydrogen-bond acceptors (Lipinski definition) is 4. The predicted molar refractivity (Wildman–Crippen MR) is 67.3 cm³/mol. The van der Waals surface area contributed by atoms with Crippen molar-refractivity contribution in [3.63, 3.8) is 0 Å². The molecule has 0 atom stereocenters. The molecule has 80 valence electrons. The first-order valence-electron chi connectivity index (χ1n) is 4.22. The molecule has 0 aliphatic carbocycles. The van der Waals surface area contributed by atoms with Crippen molar-refractivity contribution in [2.45, 2.75) is 18.9 Å². The number of pyridine rings is 1. The van der Waals surface area contributed by atoms with E-state index in [-0.39, 0.29) is 0 Å². The molecule has 1 rings (SSSR count). The molecule has 1 aromatic heterocycles. The van der Waals surface area contributed by atoms with Crippen molar-refractivity contribution in [3.05, 3.63) is 37.6 Å². The van der Waals surface area contributed by atoms with E-state index in [4.69, 9.17) is 4.18 Å². The molecule has 4 heteroatoms. The molecule has 0 aliphatic rings. The maximum atomic E-state index is 4.79. The Kier molecular flexibility index (Phi) is 17.2. The summed E-state index contributed by atoms with van der Waals surface area (Å²) in [4.78, 5) is 4.08. The minimum atomic E-state index is 0.967. The summed E-state index contributed by atoms with van der Waals surface area (Å²) >= 11 is 1.32. The first-order chi connectivity index (χ1) is 6.93. The van der Waals surface area contributed by atoms with Gasteiger partial charge in [0.15, 0.2) is 0 Å². The van der Waals surface area contributed by atoms with Crippen molar-refractivity contribution in [2.75, 3.05) is 7.11 Å². The Balaban J connectivity index is 0. The van der Waals surface area contributed by atoms with E-state index in [0.717, 1.165) is 5.03 Å². The van der Waals surface area contributed by atoms with Crippen LogP contribution >= 0.6 is 21.9 Å². The third kappa shape index (κ3) is 9.64. The molecule has 0 amide bonds. The van der Waals surface area contributed by atoms with Crippen LogP contribution in [0.1, 0.15) is 13.8 Å². The number of hydrogen-bond donors (Lipinski definition) is 0. The Morgan fingerprint density at radius 1 is 1.29 bits per heavy atom. The van der Waals surface area contributed by atoms with E-state index in [1.54, 1.807) is 13.3 Å². The molecule has 0 aliphatic heterocycles. The van der Waals surface area contributed by atoms with E-state index < -0.39 is 0 Å². The van der Waals surface area contributed by atoms with Crippen LogP contribution in [0.3, 0.4) is 0 Å². The number of rotatable bonds is 3. The van der Waals surface area contributed by atoms with E-state index in [2.05, 4.69) is 18.1 Å². The van der Waals surface area contributed by atoms with Crippen LogP contribution in [-0.2, 0) is 4.18 Å². The Morgan fingerprint density at radius 2 is 1.93 bits per heavy atom. The second-order valence-corrected chi connectivity index (χ2v) is 3.45. The molecule has 0 spiro atoms. The zero-order valence-corrected chi connectivity index (χ0v) is 10.5. The molecule has 0 aromatic carbocycles. The van der Waals surface area contributed by atoms with Gasteiger partial charge in [0.05, 0.1) is 18.2 Å². The van der Waals surface area contributed by atoms with Crippen molar-refractivity contribution < 1.29 is 4.18 Å². The van der Waals surface area contributed by atoms with Crippen molar-refractivity contribution in [2.24, 2.45) is 0 Å². The summed E-state index contributed by atoms with van der Waals surface area (Å²) in [6, 6.07) is 5.78. The molecule has 0 radical (unpaired) electrons. The first kappa shape index (κ1) is 16.0. The third-order valence-electron chi connectivity index (χ3n) is 0.825. The van der Waals surface area contributed by atoms with E-state index >= 15 is 0 Å². The first-order valence-corrected chi connectivity index (χ1v) is 6.29. The van der Waals surface area contributed by atoms with Gasteiger partial charge in [-0.3, -0.25) is 0 Å². The highest BCUT2D eigenvalue weighted by atomic mass is 33.1. The van der Waals surface area contributed by atoms with E-state index in [1.165, 1.54) is 21.9 Å². The molecule has 0 unspecified atom stereocenters. The molecule has 0 saturated heterocycles. The molecule has 0 fully saturated rings. The highest BCUT2D eigenvalue weighted by Gasteiger charge is 1.91. The molecular formula is C10H17NOS2. The summed E-state index contributed by atoms with van der Waals surface area (Å²) in [6.07, 6.45) is 1.76. The quantitative estimate of drug-likeness (QED) is 0.441. The average Bonchev–Trinajstić information content (AvgIpc) is 2.33.